The van der Waals surface area contributed by atoms with Crippen molar-refractivity contribution in [1.29, 1.82) is 0 Å². The third kappa shape index (κ3) is 2.90. The van der Waals surface area contributed by atoms with Gasteiger partial charge >= 0.3 is 0 Å². The molecule has 4 saturated heterocycles. The first-order valence-electron chi connectivity index (χ1n) is 11.2. The normalized spacial score (nSPS) is 38.0. The minimum absolute atomic E-state index is 0.169. The fourth-order valence-corrected chi connectivity index (χ4v) is 6.26. The Labute approximate surface area is 168 Å². The molecule has 0 aromatic heterocycles. The fourth-order valence-electron chi connectivity index (χ4n) is 6.26. The zero-order chi connectivity index (χ0) is 19.1. The van der Waals surface area contributed by atoms with E-state index in [1.807, 2.05) is 0 Å². The van der Waals surface area contributed by atoms with E-state index in [0.29, 0.717) is 18.9 Å². The summed E-state index contributed by atoms with van der Waals surface area (Å²) in [5.41, 5.74) is 1.23. The summed E-state index contributed by atoms with van der Waals surface area (Å²) in [6, 6.07) is 0. The molecule has 5 aliphatic heterocycles. The number of carbonyl (C=O) groups is 1. The quantitative estimate of drug-likeness (QED) is 0.756. The van der Waals surface area contributed by atoms with Gasteiger partial charge in [-0.25, -0.2) is 0 Å². The minimum atomic E-state index is -0.250. The number of rotatable bonds is 4. The Morgan fingerprint density at radius 3 is 2.75 bits per heavy atom. The van der Waals surface area contributed by atoms with Gasteiger partial charge in [0, 0.05) is 63.8 Å². The van der Waals surface area contributed by atoms with Crippen LogP contribution >= 0.6 is 0 Å². The number of nitrogens with zero attached hydrogens (tertiary/aromatic N) is 4. The standard InChI is InChI=1S/C21H35N5O2/c1-23-13-14-28-20(26-11-4-5-19(26)27)21(23,17-6-8-22-15-17)25-12-7-18(16-25)24-9-2-3-10-24/h7,17,20,22H,2-6,8-16H2,1H3. The van der Waals surface area contributed by atoms with Gasteiger partial charge < -0.3 is 19.9 Å². The van der Waals surface area contributed by atoms with E-state index in [0.717, 1.165) is 52.1 Å². The lowest BCUT2D eigenvalue weighted by atomic mass is 9.84. The van der Waals surface area contributed by atoms with E-state index in [2.05, 4.69) is 38.0 Å². The zero-order valence-corrected chi connectivity index (χ0v) is 17.2. The number of amides is 1. The molecule has 28 heavy (non-hydrogen) atoms. The highest BCUT2D eigenvalue weighted by Gasteiger charge is 2.59. The maximum Gasteiger partial charge on any atom is 0.224 e. The Morgan fingerprint density at radius 1 is 1.18 bits per heavy atom. The average molecular weight is 390 g/mol. The topological polar surface area (TPSA) is 51.3 Å². The minimum Gasteiger partial charge on any atom is -0.374 e. The molecule has 5 heterocycles. The van der Waals surface area contributed by atoms with E-state index in [9.17, 15) is 4.79 Å². The van der Waals surface area contributed by atoms with Gasteiger partial charge in [0.05, 0.1) is 6.61 Å². The van der Waals surface area contributed by atoms with Crippen LogP contribution in [0.1, 0.15) is 32.1 Å². The highest BCUT2D eigenvalue weighted by molar-refractivity contribution is 5.78. The van der Waals surface area contributed by atoms with Gasteiger partial charge in [-0.3, -0.25) is 14.6 Å². The summed E-state index contributed by atoms with van der Waals surface area (Å²) in [5.74, 6) is 0.727. The van der Waals surface area contributed by atoms with Crippen LogP contribution in [0.4, 0.5) is 0 Å². The number of likely N-dealkylation sites (N-methyl/N-ethyl adjacent to an activating group) is 1. The molecular formula is C21H35N5O2. The number of hydrogen-bond acceptors (Lipinski definition) is 6. The van der Waals surface area contributed by atoms with Crippen LogP contribution in [-0.4, -0.2) is 103 Å². The molecule has 1 amide bonds. The number of likely N-dealkylation sites (tertiary alicyclic amines) is 2. The highest BCUT2D eigenvalue weighted by Crippen LogP contribution is 2.43. The zero-order valence-electron chi connectivity index (χ0n) is 17.2. The SMILES string of the molecule is CN1CCOC(N2CCCC2=O)C1(C1CCNC1)N1CC=C(N2CCCC2)C1. The van der Waals surface area contributed by atoms with E-state index in [1.165, 1.54) is 31.6 Å². The molecule has 0 spiro atoms. The van der Waals surface area contributed by atoms with Crippen molar-refractivity contribution in [2.75, 3.05) is 66.0 Å². The maximum absolute atomic E-state index is 12.7. The molecule has 3 atom stereocenters. The highest BCUT2D eigenvalue weighted by atomic mass is 16.5. The predicted octanol–water partition coefficient (Wildman–Crippen LogP) is 0.498. The van der Waals surface area contributed by atoms with Crippen LogP contribution in [0, 0.1) is 5.92 Å². The van der Waals surface area contributed by atoms with Crippen molar-refractivity contribution < 1.29 is 9.53 Å². The van der Waals surface area contributed by atoms with Crippen molar-refractivity contribution in [3.8, 4) is 0 Å². The lowest BCUT2D eigenvalue weighted by Crippen LogP contribution is -2.76. The molecule has 3 unspecified atom stereocenters. The Hall–Kier alpha value is -1.15. The lowest BCUT2D eigenvalue weighted by Gasteiger charge is -2.59. The van der Waals surface area contributed by atoms with Gasteiger partial charge in [0.25, 0.3) is 0 Å². The van der Waals surface area contributed by atoms with Crippen LogP contribution < -0.4 is 5.32 Å². The van der Waals surface area contributed by atoms with Crippen LogP contribution in [0.5, 0.6) is 0 Å². The Bertz CT molecular complexity index is 628. The van der Waals surface area contributed by atoms with Crippen molar-refractivity contribution in [1.82, 2.24) is 24.9 Å². The monoisotopic (exact) mass is 389 g/mol. The van der Waals surface area contributed by atoms with Crippen LogP contribution in [0.2, 0.25) is 0 Å². The van der Waals surface area contributed by atoms with Gasteiger partial charge in [-0.1, -0.05) is 0 Å². The second-order valence-corrected chi connectivity index (χ2v) is 9.08. The Balaban J connectivity index is 1.49. The summed E-state index contributed by atoms with van der Waals surface area (Å²) in [4.78, 5) is 22.5. The van der Waals surface area contributed by atoms with Crippen LogP contribution in [0.25, 0.3) is 0 Å². The van der Waals surface area contributed by atoms with Gasteiger partial charge in [0.15, 0.2) is 6.23 Å². The van der Waals surface area contributed by atoms with Crippen LogP contribution in [0.15, 0.2) is 11.8 Å². The molecule has 1 N–H and O–H groups in total. The van der Waals surface area contributed by atoms with Crippen LogP contribution in [0.3, 0.4) is 0 Å². The number of morpholine rings is 1. The van der Waals surface area contributed by atoms with Gasteiger partial charge in [-0.15, -0.1) is 0 Å². The van der Waals surface area contributed by atoms with Crippen LogP contribution in [-0.2, 0) is 9.53 Å². The molecule has 0 radical (unpaired) electrons. The second-order valence-electron chi connectivity index (χ2n) is 9.08. The predicted molar refractivity (Wildman–Crippen MR) is 107 cm³/mol. The van der Waals surface area contributed by atoms with E-state index in [1.54, 1.807) is 0 Å². The molecular weight excluding hydrogens is 354 g/mol. The van der Waals surface area contributed by atoms with Gasteiger partial charge in [0.2, 0.25) is 5.91 Å². The molecule has 7 heteroatoms. The number of nitrogens with one attached hydrogen (secondary N) is 1. The first-order chi connectivity index (χ1) is 13.7. The lowest BCUT2D eigenvalue weighted by molar-refractivity contribution is -0.249. The van der Waals surface area contributed by atoms with Crippen molar-refractivity contribution in [2.24, 2.45) is 5.92 Å². The average Bonchev–Trinajstić information content (AvgIpc) is 3.47. The molecule has 0 aliphatic carbocycles. The van der Waals surface area contributed by atoms with Gasteiger partial charge in [-0.05, 0) is 45.4 Å². The Morgan fingerprint density at radius 2 is 2.04 bits per heavy atom. The number of ether oxygens (including phenoxy) is 1. The molecule has 7 nitrogen and oxygen atoms in total. The Kier molecular flexibility index (Phi) is 5.11. The summed E-state index contributed by atoms with van der Waals surface area (Å²) >= 11 is 0. The third-order valence-electron chi connectivity index (χ3n) is 7.65. The molecule has 0 saturated carbocycles. The van der Waals surface area contributed by atoms with Crippen molar-refractivity contribution in [2.45, 2.75) is 44.0 Å². The molecule has 0 bridgehead atoms. The number of hydrogen-bond donors (Lipinski definition) is 1. The second kappa shape index (κ2) is 7.59. The van der Waals surface area contributed by atoms with E-state index in [4.69, 9.17) is 4.74 Å². The third-order valence-corrected chi connectivity index (χ3v) is 7.65. The van der Waals surface area contributed by atoms with E-state index < -0.39 is 0 Å². The summed E-state index contributed by atoms with van der Waals surface area (Å²) in [5, 5.41) is 3.59. The smallest absolute Gasteiger partial charge is 0.224 e. The molecule has 156 valence electrons. The first kappa shape index (κ1) is 18.9. The largest absolute Gasteiger partial charge is 0.374 e. The molecule has 5 rings (SSSR count). The molecule has 0 aromatic carbocycles. The fraction of sp³-hybridized carbons (Fsp3) is 0.857. The molecule has 4 fully saturated rings. The first-order valence-corrected chi connectivity index (χ1v) is 11.2. The molecule has 0 aromatic rings. The summed E-state index contributed by atoms with van der Waals surface area (Å²) in [7, 11) is 2.25. The van der Waals surface area contributed by atoms with E-state index in [-0.39, 0.29) is 17.8 Å². The van der Waals surface area contributed by atoms with Gasteiger partial charge in [0.1, 0.15) is 5.66 Å². The summed E-state index contributed by atoms with van der Waals surface area (Å²) in [6.07, 6.45) is 7.64. The summed E-state index contributed by atoms with van der Waals surface area (Å²) in [6.45, 7) is 8.83. The molecule has 5 aliphatic rings. The van der Waals surface area contributed by atoms with E-state index >= 15 is 0 Å². The van der Waals surface area contributed by atoms with Gasteiger partial charge in [-0.2, -0.15) is 0 Å². The van der Waals surface area contributed by atoms with Crippen molar-refractivity contribution in [3.05, 3.63) is 11.8 Å². The van der Waals surface area contributed by atoms with Crippen molar-refractivity contribution >= 4 is 5.91 Å². The van der Waals surface area contributed by atoms with Crippen molar-refractivity contribution in [3.63, 3.8) is 0 Å². The maximum atomic E-state index is 12.7. The number of carbonyl (C=O) groups excluding carboxylic acids is 1. The summed E-state index contributed by atoms with van der Waals surface area (Å²) < 4.78 is 6.46.